The molecule has 0 aromatic carbocycles. The van der Waals surface area contributed by atoms with Crippen molar-refractivity contribution < 1.29 is 19.4 Å². The summed E-state index contributed by atoms with van der Waals surface area (Å²) < 4.78 is 7.12. The van der Waals surface area contributed by atoms with Crippen molar-refractivity contribution in [3.8, 4) is 0 Å². The van der Waals surface area contributed by atoms with Crippen molar-refractivity contribution in [2.45, 2.75) is 52.1 Å². The minimum Gasteiger partial charge on any atom is -0.481 e. The fraction of sp³-hybridized carbons (Fsp3) is 0.688. The van der Waals surface area contributed by atoms with E-state index in [0.717, 1.165) is 12.2 Å². The predicted octanol–water partition coefficient (Wildman–Crippen LogP) is 1.60. The van der Waals surface area contributed by atoms with Crippen LogP contribution in [0.5, 0.6) is 0 Å². The Morgan fingerprint density at radius 1 is 1.43 bits per heavy atom. The van der Waals surface area contributed by atoms with Crippen LogP contribution in [0.4, 0.5) is 0 Å². The zero-order valence-electron chi connectivity index (χ0n) is 14.0. The first-order valence-corrected chi connectivity index (χ1v) is 7.97. The van der Waals surface area contributed by atoms with E-state index in [9.17, 15) is 9.59 Å². The van der Waals surface area contributed by atoms with Crippen LogP contribution in [0.2, 0.25) is 0 Å². The molecule has 0 aliphatic carbocycles. The maximum atomic E-state index is 12.6. The summed E-state index contributed by atoms with van der Waals surface area (Å²) in [6.45, 7) is 7.69. The highest BCUT2D eigenvalue weighted by atomic mass is 16.5. The van der Waals surface area contributed by atoms with Gasteiger partial charge in [0.2, 0.25) is 0 Å². The van der Waals surface area contributed by atoms with Crippen molar-refractivity contribution >= 4 is 11.9 Å². The Morgan fingerprint density at radius 2 is 2.09 bits per heavy atom. The van der Waals surface area contributed by atoms with Crippen LogP contribution in [0.15, 0.2) is 6.20 Å². The second-order valence-corrected chi connectivity index (χ2v) is 6.64. The van der Waals surface area contributed by atoms with Gasteiger partial charge in [0.25, 0.3) is 5.91 Å². The van der Waals surface area contributed by atoms with Crippen LogP contribution < -0.4 is 5.32 Å². The third-order valence-electron chi connectivity index (χ3n) is 4.20. The van der Waals surface area contributed by atoms with Crippen LogP contribution >= 0.6 is 0 Å². The number of hydrogen-bond donors (Lipinski definition) is 2. The number of rotatable bonds is 6. The van der Waals surface area contributed by atoms with Crippen LogP contribution in [-0.4, -0.2) is 45.5 Å². The summed E-state index contributed by atoms with van der Waals surface area (Å²) in [6.07, 6.45) is 2.47. The molecule has 1 aromatic heterocycles. The first-order valence-electron chi connectivity index (χ1n) is 7.97. The summed E-state index contributed by atoms with van der Waals surface area (Å²) in [5.74, 6) is -0.751. The summed E-state index contributed by atoms with van der Waals surface area (Å²) in [4.78, 5) is 23.8. The molecule has 0 saturated carbocycles. The molecule has 0 bridgehead atoms. The van der Waals surface area contributed by atoms with E-state index in [1.54, 1.807) is 6.20 Å². The van der Waals surface area contributed by atoms with E-state index < -0.39 is 11.5 Å². The van der Waals surface area contributed by atoms with Crippen molar-refractivity contribution in [1.82, 2.24) is 15.1 Å². The predicted molar refractivity (Wildman–Crippen MR) is 84.3 cm³/mol. The molecule has 1 fully saturated rings. The third-order valence-corrected chi connectivity index (χ3v) is 4.20. The highest BCUT2D eigenvalue weighted by Gasteiger charge is 2.37. The lowest BCUT2D eigenvalue weighted by molar-refractivity contribution is -0.139. The SMILES string of the molecule is Cc1c(C(=O)NC2(CC(=O)O)CCOCC2)cnn1CC(C)C. The van der Waals surface area contributed by atoms with Crippen molar-refractivity contribution in [1.29, 1.82) is 0 Å². The molecule has 2 N–H and O–H groups in total. The van der Waals surface area contributed by atoms with E-state index in [1.165, 1.54) is 0 Å². The van der Waals surface area contributed by atoms with Gasteiger partial charge in [-0.25, -0.2) is 0 Å². The number of ether oxygens (including phenoxy) is 1. The van der Waals surface area contributed by atoms with Gasteiger partial charge in [-0.1, -0.05) is 13.8 Å². The Labute approximate surface area is 136 Å². The molecule has 1 aromatic rings. The van der Waals surface area contributed by atoms with Gasteiger partial charge in [0, 0.05) is 25.5 Å². The van der Waals surface area contributed by atoms with E-state index >= 15 is 0 Å². The first-order chi connectivity index (χ1) is 10.8. The molecular weight excluding hydrogens is 298 g/mol. The minimum absolute atomic E-state index is 0.0960. The number of aromatic nitrogens is 2. The Balaban J connectivity index is 2.15. The fourth-order valence-corrected chi connectivity index (χ4v) is 2.91. The summed E-state index contributed by atoms with van der Waals surface area (Å²) in [5, 5.41) is 16.4. The normalized spacial score (nSPS) is 17.2. The van der Waals surface area contributed by atoms with E-state index in [-0.39, 0.29) is 12.3 Å². The fourth-order valence-electron chi connectivity index (χ4n) is 2.91. The van der Waals surface area contributed by atoms with Gasteiger partial charge in [-0.15, -0.1) is 0 Å². The molecule has 1 aliphatic heterocycles. The Kier molecular flexibility index (Phi) is 5.41. The number of carbonyl (C=O) groups is 2. The number of nitrogens with zero attached hydrogens (tertiary/aromatic N) is 2. The van der Waals surface area contributed by atoms with Crippen LogP contribution in [0.25, 0.3) is 0 Å². The summed E-state index contributed by atoms with van der Waals surface area (Å²) in [5.41, 5.74) is 0.559. The molecule has 1 aliphatic rings. The standard InChI is InChI=1S/C16H25N3O4/c1-11(2)10-19-12(3)13(9-17-19)15(22)18-16(8-14(20)21)4-6-23-7-5-16/h9,11H,4-8,10H2,1-3H3,(H,18,22)(H,20,21). The summed E-state index contributed by atoms with van der Waals surface area (Å²) in [6, 6.07) is 0. The van der Waals surface area contributed by atoms with E-state index in [0.29, 0.717) is 37.5 Å². The maximum Gasteiger partial charge on any atom is 0.305 e. The van der Waals surface area contributed by atoms with E-state index in [4.69, 9.17) is 9.84 Å². The zero-order valence-corrected chi connectivity index (χ0v) is 14.0. The van der Waals surface area contributed by atoms with E-state index in [2.05, 4.69) is 24.3 Å². The molecule has 0 unspecified atom stereocenters. The number of carbonyl (C=O) groups excluding carboxylic acids is 1. The first kappa shape index (κ1) is 17.5. The van der Waals surface area contributed by atoms with Gasteiger partial charge in [-0.3, -0.25) is 14.3 Å². The minimum atomic E-state index is -0.917. The number of hydrogen-bond acceptors (Lipinski definition) is 4. The topological polar surface area (TPSA) is 93.5 Å². The van der Waals surface area contributed by atoms with Crippen molar-refractivity contribution in [2.24, 2.45) is 5.92 Å². The molecule has 7 heteroatoms. The lowest BCUT2D eigenvalue weighted by Crippen LogP contribution is -2.53. The van der Waals surface area contributed by atoms with Gasteiger partial charge < -0.3 is 15.2 Å². The average Bonchev–Trinajstić information content (AvgIpc) is 2.79. The second-order valence-electron chi connectivity index (χ2n) is 6.64. The molecule has 128 valence electrons. The average molecular weight is 323 g/mol. The lowest BCUT2D eigenvalue weighted by atomic mass is 9.86. The van der Waals surface area contributed by atoms with Gasteiger partial charge in [0.1, 0.15) is 0 Å². The van der Waals surface area contributed by atoms with E-state index in [1.807, 2.05) is 11.6 Å². The highest BCUT2D eigenvalue weighted by molar-refractivity contribution is 5.95. The number of nitrogens with one attached hydrogen (secondary N) is 1. The third kappa shape index (κ3) is 4.31. The van der Waals surface area contributed by atoms with Gasteiger partial charge in [-0.05, 0) is 25.7 Å². The number of amides is 1. The van der Waals surface area contributed by atoms with Gasteiger partial charge in [-0.2, -0.15) is 5.10 Å². The Morgan fingerprint density at radius 3 is 2.65 bits per heavy atom. The molecule has 0 radical (unpaired) electrons. The van der Waals surface area contributed by atoms with Crippen LogP contribution in [0.1, 0.15) is 49.2 Å². The number of aliphatic carboxylic acids is 1. The molecule has 2 rings (SSSR count). The molecule has 23 heavy (non-hydrogen) atoms. The number of carboxylic acids is 1. The molecular formula is C16H25N3O4. The molecule has 0 spiro atoms. The Bertz CT molecular complexity index is 574. The highest BCUT2D eigenvalue weighted by Crippen LogP contribution is 2.25. The summed E-state index contributed by atoms with van der Waals surface area (Å²) >= 11 is 0. The maximum absolute atomic E-state index is 12.6. The van der Waals surface area contributed by atoms with Gasteiger partial charge >= 0.3 is 5.97 Å². The zero-order chi connectivity index (χ0) is 17.0. The molecule has 1 amide bonds. The smallest absolute Gasteiger partial charge is 0.305 e. The van der Waals surface area contributed by atoms with Crippen LogP contribution in [0, 0.1) is 12.8 Å². The lowest BCUT2D eigenvalue weighted by Gasteiger charge is -2.36. The monoisotopic (exact) mass is 323 g/mol. The molecule has 2 heterocycles. The van der Waals surface area contributed by atoms with Crippen LogP contribution in [-0.2, 0) is 16.1 Å². The Hall–Kier alpha value is -1.89. The molecule has 0 atom stereocenters. The second kappa shape index (κ2) is 7.12. The largest absolute Gasteiger partial charge is 0.481 e. The summed E-state index contributed by atoms with van der Waals surface area (Å²) in [7, 11) is 0. The quantitative estimate of drug-likeness (QED) is 0.829. The van der Waals surface area contributed by atoms with Crippen molar-refractivity contribution in [2.75, 3.05) is 13.2 Å². The van der Waals surface area contributed by atoms with Gasteiger partial charge in [0.05, 0.1) is 23.7 Å². The van der Waals surface area contributed by atoms with Crippen molar-refractivity contribution in [3.63, 3.8) is 0 Å². The molecule has 7 nitrogen and oxygen atoms in total. The molecule has 1 saturated heterocycles. The number of carboxylic acid groups (broad SMARTS) is 1. The van der Waals surface area contributed by atoms with Crippen molar-refractivity contribution in [3.05, 3.63) is 17.5 Å². The van der Waals surface area contributed by atoms with Gasteiger partial charge in [0.15, 0.2) is 0 Å². The van der Waals surface area contributed by atoms with Crippen LogP contribution in [0.3, 0.4) is 0 Å².